The largest absolute Gasteiger partial charge is 0.506 e. The summed E-state index contributed by atoms with van der Waals surface area (Å²) in [5, 5.41) is 17.7. The number of aliphatic hydroxyl groups excluding tert-OH is 1. The molecule has 1 rings (SSSR count). The summed E-state index contributed by atoms with van der Waals surface area (Å²) in [7, 11) is 0. The van der Waals surface area contributed by atoms with Gasteiger partial charge in [-0.3, -0.25) is 0 Å². The molecule has 0 radical (unpaired) electrons. The number of rotatable bonds is 3. The van der Waals surface area contributed by atoms with E-state index in [9.17, 15) is 13.9 Å². The van der Waals surface area contributed by atoms with Crippen LogP contribution in [0.1, 0.15) is 11.6 Å². The van der Waals surface area contributed by atoms with Crippen LogP contribution in [0.4, 0.5) is 8.78 Å². The molecule has 16 heavy (non-hydrogen) atoms. The van der Waals surface area contributed by atoms with Gasteiger partial charge in [0.1, 0.15) is 23.4 Å². The average Bonchev–Trinajstić information content (AvgIpc) is 2.25. The molecule has 1 atom stereocenters. The van der Waals surface area contributed by atoms with Crippen molar-refractivity contribution >= 4 is 23.2 Å². The molecular formula is C9H9Cl2F2NO2. The third kappa shape index (κ3) is 2.38. The monoisotopic (exact) mass is 271 g/mol. The first-order valence-electron chi connectivity index (χ1n) is 4.22. The molecule has 0 aromatic heterocycles. The topological polar surface area (TPSA) is 66.5 Å². The third-order valence-electron chi connectivity index (χ3n) is 2.10. The van der Waals surface area contributed by atoms with Gasteiger partial charge in [-0.2, -0.15) is 0 Å². The first-order chi connectivity index (χ1) is 7.31. The van der Waals surface area contributed by atoms with Gasteiger partial charge >= 0.3 is 0 Å². The van der Waals surface area contributed by atoms with Gasteiger partial charge in [-0.25, -0.2) is 8.78 Å². The Kier molecular flexibility index (Phi) is 3.96. The first kappa shape index (κ1) is 13.4. The minimum absolute atomic E-state index is 0.0300. The Balaban J connectivity index is 3.20. The van der Waals surface area contributed by atoms with Crippen LogP contribution >= 0.6 is 23.2 Å². The fourth-order valence-corrected chi connectivity index (χ4v) is 1.46. The summed E-state index contributed by atoms with van der Waals surface area (Å²) < 4.78 is 26.2. The van der Waals surface area contributed by atoms with Crippen molar-refractivity contribution < 1.29 is 19.0 Å². The molecule has 0 aliphatic carbocycles. The summed E-state index contributed by atoms with van der Waals surface area (Å²) in [6, 6.07) is 0.525. The van der Waals surface area contributed by atoms with Crippen LogP contribution in [0.2, 0.25) is 10.0 Å². The van der Waals surface area contributed by atoms with Crippen molar-refractivity contribution in [2.45, 2.75) is 12.0 Å². The van der Waals surface area contributed by atoms with Crippen molar-refractivity contribution in [3.63, 3.8) is 0 Å². The van der Waals surface area contributed by atoms with Crippen LogP contribution in [0.3, 0.4) is 0 Å². The average molecular weight is 272 g/mol. The zero-order valence-electron chi connectivity index (χ0n) is 7.92. The summed E-state index contributed by atoms with van der Waals surface area (Å²) in [6.07, 6.45) is 0. The highest BCUT2D eigenvalue weighted by Crippen LogP contribution is 2.40. The molecule has 0 aliphatic rings. The minimum atomic E-state index is -3.55. The van der Waals surface area contributed by atoms with Crippen LogP contribution in [0, 0.1) is 0 Å². The summed E-state index contributed by atoms with van der Waals surface area (Å²) in [5.74, 6) is -4.15. The van der Waals surface area contributed by atoms with Gasteiger partial charge in [0.25, 0.3) is 5.92 Å². The number of aliphatic hydroxyl groups is 1. The van der Waals surface area contributed by atoms with Crippen molar-refractivity contribution in [1.82, 2.24) is 0 Å². The van der Waals surface area contributed by atoms with Crippen LogP contribution in [0.5, 0.6) is 5.75 Å². The molecule has 0 amide bonds. The molecule has 0 spiro atoms. The number of halogens is 4. The quantitative estimate of drug-likeness (QED) is 0.791. The zero-order valence-corrected chi connectivity index (χ0v) is 9.43. The van der Waals surface area contributed by atoms with Crippen LogP contribution in [0.15, 0.2) is 12.1 Å². The van der Waals surface area contributed by atoms with Gasteiger partial charge in [-0.1, -0.05) is 29.3 Å². The van der Waals surface area contributed by atoms with Crippen LogP contribution in [-0.4, -0.2) is 22.7 Å². The molecule has 4 N–H and O–H groups in total. The van der Waals surface area contributed by atoms with Crippen LogP contribution < -0.4 is 5.73 Å². The molecule has 0 saturated heterocycles. The van der Waals surface area contributed by atoms with E-state index in [4.69, 9.17) is 34.0 Å². The van der Waals surface area contributed by atoms with Gasteiger partial charge in [0, 0.05) is 5.56 Å². The van der Waals surface area contributed by atoms with Gasteiger partial charge in [0.05, 0.1) is 5.02 Å². The molecule has 1 aromatic rings. The van der Waals surface area contributed by atoms with Gasteiger partial charge in [0.2, 0.25) is 0 Å². The van der Waals surface area contributed by atoms with Gasteiger partial charge in [-0.05, 0) is 6.07 Å². The van der Waals surface area contributed by atoms with Crippen LogP contribution in [-0.2, 0) is 0 Å². The molecule has 90 valence electrons. The number of nitrogens with two attached hydrogens (primary N) is 1. The molecule has 3 nitrogen and oxygen atoms in total. The Morgan fingerprint density at radius 1 is 1.38 bits per heavy atom. The lowest BCUT2D eigenvalue weighted by Crippen LogP contribution is -2.36. The number of benzene rings is 1. The molecule has 0 saturated carbocycles. The van der Waals surface area contributed by atoms with E-state index in [1.165, 1.54) is 6.07 Å². The van der Waals surface area contributed by atoms with Crippen molar-refractivity contribution in [2.24, 2.45) is 5.73 Å². The highest BCUT2D eigenvalue weighted by Gasteiger charge is 2.39. The standard InChI is InChI=1S/C9H9Cl2F2NO2/c10-5-2-1-4(7(16)6(5)11)8(14)9(12,13)3-15/h1-2,8,15-16H,3,14H2/t8-/m1/s1. The maximum Gasteiger partial charge on any atom is 0.289 e. The third-order valence-corrected chi connectivity index (χ3v) is 2.90. The Morgan fingerprint density at radius 2 is 1.94 bits per heavy atom. The molecule has 7 heteroatoms. The van der Waals surface area contributed by atoms with E-state index >= 15 is 0 Å². The molecular weight excluding hydrogens is 263 g/mol. The number of phenols is 1. The lowest BCUT2D eigenvalue weighted by molar-refractivity contribution is -0.0715. The minimum Gasteiger partial charge on any atom is -0.506 e. The number of alkyl halides is 2. The summed E-state index contributed by atoms with van der Waals surface area (Å²) >= 11 is 11.1. The molecule has 0 heterocycles. The normalized spacial score (nSPS) is 13.9. The molecule has 0 fully saturated rings. The lowest BCUT2D eigenvalue weighted by atomic mass is 10.0. The Labute approximate surface area is 100 Å². The second-order valence-electron chi connectivity index (χ2n) is 3.20. The van der Waals surface area contributed by atoms with Crippen molar-refractivity contribution in [3.8, 4) is 5.75 Å². The predicted molar refractivity (Wildman–Crippen MR) is 57.1 cm³/mol. The van der Waals surface area contributed by atoms with E-state index in [2.05, 4.69) is 0 Å². The maximum atomic E-state index is 13.1. The van der Waals surface area contributed by atoms with E-state index in [0.717, 1.165) is 6.07 Å². The SMILES string of the molecule is N[C@H](c1ccc(Cl)c(Cl)c1O)C(F)(F)CO. The Hall–Kier alpha value is -0.620. The summed E-state index contributed by atoms with van der Waals surface area (Å²) in [4.78, 5) is 0. The van der Waals surface area contributed by atoms with E-state index in [1.54, 1.807) is 0 Å². The highest BCUT2D eigenvalue weighted by molar-refractivity contribution is 6.43. The number of hydrogen-bond acceptors (Lipinski definition) is 3. The zero-order chi connectivity index (χ0) is 12.5. The van der Waals surface area contributed by atoms with Gasteiger partial charge < -0.3 is 15.9 Å². The second kappa shape index (κ2) is 4.71. The van der Waals surface area contributed by atoms with Crippen molar-refractivity contribution in [3.05, 3.63) is 27.7 Å². The fourth-order valence-electron chi connectivity index (χ4n) is 1.13. The summed E-state index contributed by atoms with van der Waals surface area (Å²) in [6.45, 7) is -1.42. The molecule has 1 aromatic carbocycles. The maximum absolute atomic E-state index is 13.1. The van der Waals surface area contributed by atoms with E-state index in [0.29, 0.717) is 0 Å². The van der Waals surface area contributed by atoms with Crippen molar-refractivity contribution in [2.75, 3.05) is 6.61 Å². The molecule has 0 bridgehead atoms. The Bertz CT molecular complexity index is 401. The van der Waals surface area contributed by atoms with Gasteiger partial charge in [-0.15, -0.1) is 0 Å². The number of aromatic hydroxyl groups is 1. The van der Waals surface area contributed by atoms with E-state index < -0.39 is 24.3 Å². The fraction of sp³-hybridized carbons (Fsp3) is 0.333. The molecule has 0 unspecified atom stereocenters. The smallest absolute Gasteiger partial charge is 0.289 e. The van der Waals surface area contributed by atoms with E-state index in [-0.39, 0.29) is 15.6 Å². The highest BCUT2D eigenvalue weighted by atomic mass is 35.5. The lowest BCUT2D eigenvalue weighted by Gasteiger charge is -2.22. The van der Waals surface area contributed by atoms with Crippen LogP contribution in [0.25, 0.3) is 0 Å². The van der Waals surface area contributed by atoms with Gasteiger partial charge in [0.15, 0.2) is 0 Å². The number of phenolic OH excluding ortho intramolecular Hbond substituents is 1. The predicted octanol–water partition coefficient (Wildman–Crippen LogP) is 2.33. The van der Waals surface area contributed by atoms with E-state index in [1.807, 2.05) is 0 Å². The first-order valence-corrected chi connectivity index (χ1v) is 4.98. The Morgan fingerprint density at radius 3 is 2.44 bits per heavy atom. The molecule has 0 aliphatic heterocycles. The summed E-state index contributed by atoms with van der Waals surface area (Å²) in [5.41, 5.74) is 4.96. The second-order valence-corrected chi connectivity index (χ2v) is 3.98. The van der Waals surface area contributed by atoms with Crippen molar-refractivity contribution in [1.29, 1.82) is 0 Å². The number of hydrogen-bond donors (Lipinski definition) is 3.